The Morgan fingerprint density at radius 2 is 1.38 bits per heavy atom. The molecule has 20 heteroatoms. The molecule has 0 radical (unpaired) electrons. The highest BCUT2D eigenvalue weighted by molar-refractivity contribution is 5.30. The Labute approximate surface area is 385 Å². The molecular weight excluding hydrogens is 872 g/mol. The highest BCUT2D eigenvalue weighted by Crippen LogP contribution is 2.70. The fraction of sp³-hybridized carbons (Fsp3) is 0.957. The van der Waals surface area contributed by atoms with Gasteiger partial charge in [0.15, 0.2) is 24.7 Å². The van der Waals surface area contributed by atoms with E-state index in [0.29, 0.717) is 32.1 Å². The molecule has 20 nitrogen and oxygen atoms in total. The molecule has 380 valence electrons. The summed E-state index contributed by atoms with van der Waals surface area (Å²) < 4.78 is 48.5. The first-order valence-electron chi connectivity index (χ1n) is 24.0. The van der Waals surface area contributed by atoms with Gasteiger partial charge in [0.2, 0.25) is 0 Å². The van der Waals surface area contributed by atoms with Gasteiger partial charge in [0.1, 0.15) is 67.1 Å². The molecular formula is C46H76O20. The lowest BCUT2D eigenvalue weighted by Gasteiger charge is -2.61. The van der Waals surface area contributed by atoms with Crippen LogP contribution in [0.25, 0.3) is 0 Å². The average Bonchev–Trinajstić information content (AvgIpc) is 3.74. The van der Waals surface area contributed by atoms with Crippen molar-refractivity contribution in [3.8, 4) is 0 Å². The minimum Gasteiger partial charge on any atom is -0.394 e. The lowest BCUT2D eigenvalue weighted by Crippen LogP contribution is -2.65. The number of hydrogen-bond acceptors (Lipinski definition) is 20. The lowest BCUT2D eigenvalue weighted by atomic mass is 9.45. The fourth-order valence-corrected chi connectivity index (χ4v) is 14.0. The van der Waals surface area contributed by atoms with Crippen molar-refractivity contribution in [1.29, 1.82) is 0 Å². The molecule has 0 bridgehead atoms. The molecule has 4 aliphatic carbocycles. The van der Waals surface area contributed by atoms with Crippen molar-refractivity contribution in [1.82, 2.24) is 0 Å². The van der Waals surface area contributed by atoms with Gasteiger partial charge in [-0.25, -0.2) is 0 Å². The third kappa shape index (κ3) is 8.56. The predicted molar refractivity (Wildman–Crippen MR) is 225 cm³/mol. The summed E-state index contributed by atoms with van der Waals surface area (Å²) in [5.41, 5.74) is -0.192. The molecule has 0 unspecified atom stereocenters. The minimum atomic E-state index is -1.72. The highest BCUT2D eigenvalue weighted by atomic mass is 16.8. The number of ether oxygens (including phenoxy) is 8. The van der Waals surface area contributed by atoms with Crippen LogP contribution >= 0.6 is 0 Å². The van der Waals surface area contributed by atoms with E-state index < -0.39 is 135 Å². The van der Waals surface area contributed by atoms with Gasteiger partial charge < -0.3 is 99.2 Å². The van der Waals surface area contributed by atoms with E-state index >= 15 is 0 Å². The minimum absolute atomic E-state index is 0.0390. The van der Waals surface area contributed by atoms with Crippen LogP contribution in [0.5, 0.6) is 0 Å². The van der Waals surface area contributed by atoms with Crippen molar-refractivity contribution in [3.63, 3.8) is 0 Å². The van der Waals surface area contributed by atoms with Crippen LogP contribution in [0.3, 0.4) is 0 Å². The van der Waals surface area contributed by atoms with Gasteiger partial charge in [-0.3, -0.25) is 0 Å². The second-order valence-electron chi connectivity index (χ2n) is 21.4. The Morgan fingerprint density at radius 1 is 0.742 bits per heavy atom. The monoisotopic (exact) mass is 948 g/mol. The number of fused-ring (bicyclic) bond motifs is 7. The summed E-state index contributed by atoms with van der Waals surface area (Å²) in [6.45, 7) is 8.88. The van der Waals surface area contributed by atoms with Crippen LogP contribution in [0, 0.1) is 46.3 Å². The Bertz CT molecular complexity index is 1690. The SMILES string of the molecule is CO[C@]1(CC[C@@H](C)CO[C@@H]2O[C@H](CO)[C@@H](O)[C@H](O)[C@H]2O)O[C@H]2C[C@H]3[C@@H]4CC=C5C[C@@H](O[C@@H]6O[C@H](CO)[C@@H](O)[C@H](O)[C@H]6O[C@H]6O[C@@H](C)[C@H](O)[C@@H](O)[C@H]6O)C[C@@H](O)[C@]5(C)[C@H]4[C@H](O)C[C@]3(C)[C@H]2[C@@H]1C. The van der Waals surface area contributed by atoms with Gasteiger partial charge >= 0.3 is 0 Å². The molecule has 66 heavy (non-hydrogen) atoms. The maximum absolute atomic E-state index is 12.4. The molecule has 0 spiro atoms. The van der Waals surface area contributed by atoms with E-state index in [1.54, 1.807) is 7.11 Å². The second-order valence-corrected chi connectivity index (χ2v) is 21.4. The maximum Gasteiger partial charge on any atom is 0.187 e. The third-order valence-electron chi connectivity index (χ3n) is 17.7. The molecule has 8 aliphatic rings. The fourth-order valence-electron chi connectivity index (χ4n) is 14.0. The summed E-state index contributed by atoms with van der Waals surface area (Å²) >= 11 is 0. The topological polar surface area (TPSA) is 317 Å². The summed E-state index contributed by atoms with van der Waals surface area (Å²) in [5, 5.41) is 128. The highest BCUT2D eigenvalue weighted by Gasteiger charge is 2.70. The van der Waals surface area contributed by atoms with Crippen molar-refractivity contribution >= 4 is 0 Å². The first-order chi connectivity index (χ1) is 31.1. The summed E-state index contributed by atoms with van der Waals surface area (Å²) in [4.78, 5) is 0. The quantitative estimate of drug-likeness (QED) is 0.0869. The molecule has 0 amide bonds. The van der Waals surface area contributed by atoms with Crippen LogP contribution in [0.4, 0.5) is 0 Å². The molecule has 4 heterocycles. The van der Waals surface area contributed by atoms with E-state index in [4.69, 9.17) is 37.9 Å². The van der Waals surface area contributed by atoms with Crippen molar-refractivity contribution in [2.75, 3.05) is 26.9 Å². The number of aliphatic hydroxyl groups is 12. The Hall–Kier alpha value is -1.06. The summed E-state index contributed by atoms with van der Waals surface area (Å²) in [6.07, 6.45) is -18.2. The van der Waals surface area contributed by atoms with Crippen LogP contribution in [0.2, 0.25) is 0 Å². The molecule has 0 aromatic carbocycles. The molecule has 3 saturated carbocycles. The van der Waals surface area contributed by atoms with Crippen molar-refractivity contribution in [2.24, 2.45) is 46.3 Å². The van der Waals surface area contributed by atoms with Crippen LogP contribution in [-0.2, 0) is 37.9 Å². The predicted octanol–water partition coefficient (Wildman–Crippen LogP) is -2.24. The Balaban J connectivity index is 0.929. The van der Waals surface area contributed by atoms with E-state index in [1.165, 1.54) is 6.92 Å². The number of rotatable bonds is 13. The zero-order valence-corrected chi connectivity index (χ0v) is 38.7. The standard InChI is InChI=1S/C46H76O20/c1-18(17-60-41-38(57)36(55)33(52)27(15-47)63-41)9-10-46(59-6)19(2)30-26(66-46)13-24-23-8-7-21-11-22(12-29(50)45(21,5)31(23)25(49)14-44(24,30)4)62-43-40(37(56)34(53)28(16-48)64-43)65-42-39(58)35(54)32(51)20(3)61-42/h7,18-20,22-43,47-58H,8-17H2,1-6H3/t18-,19+,20+,22-,23+,24+,25-,26+,27-,28-,29-,30+,31-,32+,33-,34-,35-,36+,37+,38-,39-,40-,41-,42-,43-,44+,45-,46-/m1/s1. The molecule has 28 atom stereocenters. The zero-order chi connectivity index (χ0) is 47.9. The van der Waals surface area contributed by atoms with Crippen LogP contribution in [0.15, 0.2) is 11.6 Å². The van der Waals surface area contributed by atoms with Crippen LogP contribution in [0.1, 0.15) is 79.6 Å². The van der Waals surface area contributed by atoms with Crippen molar-refractivity contribution in [2.45, 2.75) is 202 Å². The van der Waals surface area contributed by atoms with Crippen molar-refractivity contribution < 1.29 is 99.2 Å². The van der Waals surface area contributed by atoms with Crippen LogP contribution < -0.4 is 0 Å². The van der Waals surface area contributed by atoms with E-state index in [1.807, 2.05) is 13.8 Å². The van der Waals surface area contributed by atoms with Crippen LogP contribution in [-0.4, -0.2) is 211 Å². The largest absolute Gasteiger partial charge is 0.394 e. The van der Waals surface area contributed by atoms with Gasteiger partial charge in [-0.05, 0) is 74.0 Å². The number of allylic oxidation sites excluding steroid dienone is 1. The third-order valence-corrected chi connectivity index (χ3v) is 17.7. The summed E-state index contributed by atoms with van der Waals surface area (Å²) in [7, 11) is 1.66. The normalized spacial score (nSPS) is 55.3. The molecule has 12 N–H and O–H groups in total. The molecule has 8 rings (SSSR count). The Kier molecular flexibility index (Phi) is 15.2. The first-order valence-corrected chi connectivity index (χ1v) is 24.0. The molecule has 4 aliphatic heterocycles. The number of hydrogen-bond donors (Lipinski definition) is 12. The van der Waals surface area contributed by atoms with E-state index in [9.17, 15) is 61.3 Å². The number of aliphatic hydroxyl groups excluding tert-OH is 12. The first kappa shape index (κ1) is 51.3. The van der Waals surface area contributed by atoms with Gasteiger partial charge in [-0.1, -0.05) is 39.3 Å². The molecule has 0 aromatic rings. The maximum atomic E-state index is 12.4. The van der Waals surface area contributed by atoms with Gasteiger partial charge in [0.05, 0.1) is 50.3 Å². The number of methoxy groups -OCH3 is 1. The van der Waals surface area contributed by atoms with Gasteiger partial charge in [-0.2, -0.15) is 0 Å². The van der Waals surface area contributed by atoms with E-state index in [-0.39, 0.29) is 60.1 Å². The van der Waals surface area contributed by atoms with Gasteiger partial charge in [0.25, 0.3) is 0 Å². The molecule has 0 aromatic heterocycles. The second kappa shape index (κ2) is 19.5. The lowest BCUT2D eigenvalue weighted by molar-refractivity contribution is -0.370. The summed E-state index contributed by atoms with van der Waals surface area (Å²) in [6, 6.07) is 0. The molecule has 7 fully saturated rings. The Morgan fingerprint density at radius 3 is 2.05 bits per heavy atom. The smallest absolute Gasteiger partial charge is 0.187 e. The van der Waals surface area contributed by atoms with Gasteiger partial charge in [-0.15, -0.1) is 0 Å². The van der Waals surface area contributed by atoms with E-state index in [2.05, 4.69) is 19.9 Å². The molecule has 4 saturated heterocycles. The van der Waals surface area contributed by atoms with Gasteiger partial charge in [0, 0.05) is 31.3 Å². The summed E-state index contributed by atoms with van der Waals surface area (Å²) in [5.74, 6) is -0.964. The van der Waals surface area contributed by atoms with E-state index in [0.717, 1.165) is 12.0 Å². The average molecular weight is 949 g/mol. The van der Waals surface area contributed by atoms with Crippen molar-refractivity contribution in [3.05, 3.63) is 11.6 Å². The zero-order valence-electron chi connectivity index (χ0n) is 38.7.